The van der Waals surface area contributed by atoms with Crippen LogP contribution >= 0.6 is 0 Å². The number of likely N-dealkylation sites (tertiary alicyclic amines) is 1. The van der Waals surface area contributed by atoms with Crippen LogP contribution in [0.15, 0.2) is 53.3 Å². The van der Waals surface area contributed by atoms with Crippen LogP contribution in [0.25, 0.3) is 10.9 Å². The number of pyridine rings is 1. The van der Waals surface area contributed by atoms with Gasteiger partial charge in [0.2, 0.25) is 0 Å². The van der Waals surface area contributed by atoms with E-state index in [0.717, 1.165) is 34.4 Å². The summed E-state index contributed by atoms with van der Waals surface area (Å²) in [4.78, 5) is 30.0. The SMILES string of the molecule is COc1ccc(OC)c([C@@H]2CCN(C(=O)c3cc4ccccc4[nH]c3=O)C2)c1. The molecule has 0 radical (unpaired) electrons. The Morgan fingerprint density at radius 1 is 1.11 bits per heavy atom. The first-order valence-electron chi connectivity index (χ1n) is 9.24. The van der Waals surface area contributed by atoms with E-state index in [9.17, 15) is 9.59 Å². The summed E-state index contributed by atoms with van der Waals surface area (Å²) in [5.41, 5.74) is 1.57. The third-order valence-corrected chi connectivity index (χ3v) is 5.34. The lowest BCUT2D eigenvalue weighted by Crippen LogP contribution is -2.33. The number of aromatic amines is 1. The normalized spacial score (nSPS) is 16.4. The van der Waals surface area contributed by atoms with Crippen molar-refractivity contribution in [3.8, 4) is 11.5 Å². The number of para-hydroxylation sites is 1. The van der Waals surface area contributed by atoms with Crippen LogP contribution in [-0.4, -0.2) is 43.1 Å². The van der Waals surface area contributed by atoms with E-state index in [1.807, 2.05) is 42.5 Å². The number of rotatable bonds is 4. The van der Waals surface area contributed by atoms with Crippen LogP contribution in [0.1, 0.15) is 28.3 Å². The molecule has 2 heterocycles. The van der Waals surface area contributed by atoms with E-state index in [1.54, 1.807) is 25.2 Å². The second-order valence-corrected chi connectivity index (χ2v) is 6.94. The van der Waals surface area contributed by atoms with Gasteiger partial charge in [-0.1, -0.05) is 18.2 Å². The number of fused-ring (bicyclic) bond motifs is 1. The number of H-pyrrole nitrogens is 1. The molecule has 1 N–H and O–H groups in total. The maximum atomic E-state index is 13.0. The molecular formula is C22H22N2O4. The van der Waals surface area contributed by atoms with E-state index >= 15 is 0 Å². The number of hydrogen-bond donors (Lipinski definition) is 1. The standard InChI is InChI=1S/C22H22N2O4/c1-27-16-7-8-20(28-2)17(12-16)15-9-10-24(13-15)22(26)18-11-14-5-3-4-6-19(14)23-21(18)25/h3-8,11-12,15H,9-10,13H2,1-2H3,(H,23,25)/t15-/m1/s1. The Morgan fingerprint density at radius 3 is 2.71 bits per heavy atom. The fourth-order valence-corrected chi connectivity index (χ4v) is 3.83. The number of ether oxygens (including phenoxy) is 2. The first kappa shape index (κ1) is 18.1. The van der Waals surface area contributed by atoms with Crippen LogP contribution in [0.2, 0.25) is 0 Å². The predicted molar refractivity (Wildman–Crippen MR) is 107 cm³/mol. The summed E-state index contributed by atoms with van der Waals surface area (Å²) >= 11 is 0. The van der Waals surface area contributed by atoms with Crippen molar-refractivity contribution in [2.24, 2.45) is 0 Å². The number of amides is 1. The number of nitrogens with one attached hydrogen (secondary N) is 1. The van der Waals surface area contributed by atoms with Crippen molar-refractivity contribution in [2.45, 2.75) is 12.3 Å². The molecule has 1 aliphatic heterocycles. The molecule has 1 amide bonds. The zero-order valence-corrected chi connectivity index (χ0v) is 15.9. The van der Waals surface area contributed by atoms with Crippen LogP contribution < -0.4 is 15.0 Å². The molecule has 6 nitrogen and oxygen atoms in total. The number of carbonyl (C=O) groups is 1. The van der Waals surface area contributed by atoms with E-state index in [4.69, 9.17) is 9.47 Å². The Kier molecular flexibility index (Phi) is 4.77. The van der Waals surface area contributed by atoms with Gasteiger partial charge < -0.3 is 19.4 Å². The largest absolute Gasteiger partial charge is 0.497 e. The number of methoxy groups -OCH3 is 2. The maximum Gasteiger partial charge on any atom is 0.261 e. The van der Waals surface area contributed by atoms with Gasteiger partial charge in [0.1, 0.15) is 17.1 Å². The fraction of sp³-hybridized carbons (Fsp3) is 0.273. The maximum absolute atomic E-state index is 13.0. The molecule has 4 rings (SSSR count). The quantitative estimate of drug-likeness (QED) is 0.757. The molecule has 1 aromatic heterocycles. The van der Waals surface area contributed by atoms with Gasteiger partial charge in [-0.2, -0.15) is 0 Å². The molecule has 0 spiro atoms. The number of aromatic nitrogens is 1. The first-order chi connectivity index (χ1) is 13.6. The predicted octanol–water partition coefficient (Wildman–Crippen LogP) is 3.18. The number of hydrogen-bond acceptors (Lipinski definition) is 4. The Balaban J connectivity index is 1.60. The summed E-state index contributed by atoms with van der Waals surface area (Å²) in [7, 11) is 3.26. The van der Waals surface area contributed by atoms with Crippen molar-refractivity contribution in [1.29, 1.82) is 0 Å². The summed E-state index contributed by atoms with van der Waals surface area (Å²) < 4.78 is 10.8. The average molecular weight is 378 g/mol. The molecule has 2 aromatic carbocycles. The summed E-state index contributed by atoms with van der Waals surface area (Å²) in [5.74, 6) is 1.43. The Morgan fingerprint density at radius 2 is 1.93 bits per heavy atom. The van der Waals surface area contributed by atoms with Gasteiger partial charge in [0.25, 0.3) is 11.5 Å². The lowest BCUT2D eigenvalue weighted by Gasteiger charge is -2.18. The molecule has 0 unspecified atom stereocenters. The molecule has 144 valence electrons. The van der Waals surface area contributed by atoms with Crippen molar-refractivity contribution in [3.05, 3.63) is 70.0 Å². The molecular weight excluding hydrogens is 356 g/mol. The van der Waals surface area contributed by atoms with E-state index in [1.165, 1.54) is 0 Å². The van der Waals surface area contributed by atoms with Gasteiger partial charge >= 0.3 is 0 Å². The molecule has 0 bridgehead atoms. The second-order valence-electron chi connectivity index (χ2n) is 6.94. The molecule has 1 fully saturated rings. The third-order valence-electron chi connectivity index (χ3n) is 5.34. The lowest BCUT2D eigenvalue weighted by atomic mass is 9.97. The van der Waals surface area contributed by atoms with Gasteiger partial charge in [0.15, 0.2) is 0 Å². The Bertz CT molecular complexity index is 1090. The molecule has 1 aliphatic rings. The number of benzene rings is 2. The Labute approximate surface area is 162 Å². The molecule has 3 aromatic rings. The average Bonchev–Trinajstić information content (AvgIpc) is 3.22. The molecule has 6 heteroatoms. The Hall–Kier alpha value is -3.28. The van der Waals surface area contributed by atoms with E-state index in [2.05, 4.69) is 4.98 Å². The summed E-state index contributed by atoms with van der Waals surface area (Å²) in [6.45, 7) is 1.13. The van der Waals surface area contributed by atoms with Gasteiger partial charge in [-0.3, -0.25) is 9.59 Å². The van der Waals surface area contributed by atoms with Crippen LogP contribution in [0.3, 0.4) is 0 Å². The highest BCUT2D eigenvalue weighted by molar-refractivity contribution is 5.97. The highest BCUT2D eigenvalue weighted by Gasteiger charge is 2.31. The highest BCUT2D eigenvalue weighted by Crippen LogP contribution is 2.36. The van der Waals surface area contributed by atoms with Crippen LogP contribution in [0.4, 0.5) is 0 Å². The number of carbonyl (C=O) groups excluding carboxylic acids is 1. The minimum Gasteiger partial charge on any atom is -0.497 e. The van der Waals surface area contributed by atoms with Crippen molar-refractivity contribution in [1.82, 2.24) is 9.88 Å². The molecule has 1 atom stereocenters. The molecule has 1 saturated heterocycles. The molecule has 0 aliphatic carbocycles. The van der Waals surface area contributed by atoms with Crippen molar-refractivity contribution >= 4 is 16.8 Å². The number of nitrogens with zero attached hydrogens (tertiary/aromatic N) is 1. The smallest absolute Gasteiger partial charge is 0.261 e. The van der Waals surface area contributed by atoms with E-state index < -0.39 is 0 Å². The zero-order valence-electron chi connectivity index (χ0n) is 15.9. The summed E-state index contributed by atoms with van der Waals surface area (Å²) in [6.07, 6.45) is 0.806. The van der Waals surface area contributed by atoms with Gasteiger partial charge in [0, 0.05) is 30.1 Å². The van der Waals surface area contributed by atoms with Crippen molar-refractivity contribution in [2.75, 3.05) is 27.3 Å². The summed E-state index contributed by atoms with van der Waals surface area (Å²) in [6, 6.07) is 14.8. The third kappa shape index (κ3) is 3.22. The molecule has 28 heavy (non-hydrogen) atoms. The zero-order chi connectivity index (χ0) is 19.7. The topological polar surface area (TPSA) is 71.6 Å². The van der Waals surface area contributed by atoms with Crippen molar-refractivity contribution in [3.63, 3.8) is 0 Å². The lowest BCUT2D eigenvalue weighted by molar-refractivity contribution is 0.0789. The summed E-state index contributed by atoms with van der Waals surface area (Å²) in [5, 5.41) is 0.843. The van der Waals surface area contributed by atoms with Gasteiger partial charge in [0.05, 0.1) is 14.2 Å². The minimum atomic E-state index is -0.355. The molecule has 0 saturated carbocycles. The van der Waals surface area contributed by atoms with Gasteiger partial charge in [-0.25, -0.2) is 0 Å². The van der Waals surface area contributed by atoms with E-state index in [0.29, 0.717) is 13.1 Å². The van der Waals surface area contributed by atoms with Crippen LogP contribution in [-0.2, 0) is 0 Å². The van der Waals surface area contributed by atoms with Gasteiger partial charge in [-0.05, 0) is 42.1 Å². The van der Waals surface area contributed by atoms with E-state index in [-0.39, 0.29) is 22.9 Å². The van der Waals surface area contributed by atoms with Gasteiger partial charge in [-0.15, -0.1) is 0 Å². The van der Waals surface area contributed by atoms with Crippen molar-refractivity contribution < 1.29 is 14.3 Å². The van der Waals surface area contributed by atoms with Crippen LogP contribution in [0.5, 0.6) is 11.5 Å². The minimum absolute atomic E-state index is 0.133. The second kappa shape index (κ2) is 7.38. The first-order valence-corrected chi connectivity index (χ1v) is 9.24. The highest BCUT2D eigenvalue weighted by atomic mass is 16.5. The monoisotopic (exact) mass is 378 g/mol. The fourth-order valence-electron chi connectivity index (χ4n) is 3.83. The van der Waals surface area contributed by atoms with Crippen LogP contribution in [0, 0.1) is 0 Å².